The molecule has 1 fully saturated rings. The monoisotopic (exact) mass is 231 g/mol. The molecular formula is C16H25N. The predicted molar refractivity (Wildman–Crippen MR) is 74.1 cm³/mol. The van der Waals surface area contributed by atoms with Crippen molar-refractivity contribution in [1.82, 2.24) is 5.32 Å². The Morgan fingerprint density at radius 3 is 2.53 bits per heavy atom. The van der Waals surface area contributed by atoms with Gasteiger partial charge >= 0.3 is 0 Å². The highest BCUT2D eigenvalue weighted by Gasteiger charge is 2.18. The lowest BCUT2D eigenvalue weighted by molar-refractivity contribution is 0.356. The van der Waals surface area contributed by atoms with Gasteiger partial charge in [0.2, 0.25) is 0 Å². The van der Waals surface area contributed by atoms with Crippen LogP contribution in [0, 0.1) is 12.8 Å². The van der Waals surface area contributed by atoms with Crippen molar-refractivity contribution < 1.29 is 0 Å². The van der Waals surface area contributed by atoms with Gasteiger partial charge in [0, 0.05) is 12.6 Å². The fourth-order valence-corrected chi connectivity index (χ4v) is 2.75. The lowest BCUT2D eigenvalue weighted by Gasteiger charge is -2.23. The molecule has 0 aliphatic heterocycles. The van der Waals surface area contributed by atoms with E-state index in [-0.39, 0.29) is 0 Å². The summed E-state index contributed by atoms with van der Waals surface area (Å²) in [5.74, 6) is 0.836. The minimum Gasteiger partial charge on any atom is -0.310 e. The Bertz CT molecular complexity index is 328. The first-order valence-corrected chi connectivity index (χ1v) is 7.04. The number of hydrogen-bond acceptors (Lipinski definition) is 1. The summed E-state index contributed by atoms with van der Waals surface area (Å²) in [6.45, 7) is 5.57. The van der Waals surface area contributed by atoms with Crippen LogP contribution in [-0.4, -0.2) is 6.04 Å². The van der Waals surface area contributed by atoms with Crippen LogP contribution in [0.15, 0.2) is 24.3 Å². The van der Waals surface area contributed by atoms with Crippen LogP contribution in [0.4, 0.5) is 0 Å². The van der Waals surface area contributed by atoms with Gasteiger partial charge in [0.1, 0.15) is 0 Å². The van der Waals surface area contributed by atoms with Crippen LogP contribution in [0.1, 0.15) is 50.2 Å². The van der Waals surface area contributed by atoms with E-state index < -0.39 is 0 Å². The number of aryl methyl sites for hydroxylation is 1. The molecule has 1 aliphatic rings. The van der Waals surface area contributed by atoms with E-state index in [9.17, 15) is 0 Å². The van der Waals surface area contributed by atoms with Crippen LogP contribution in [0.5, 0.6) is 0 Å². The Morgan fingerprint density at radius 1 is 1.06 bits per heavy atom. The summed E-state index contributed by atoms with van der Waals surface area (Å²) in [4.78, 5) is 0. The van der Waals surface area contributed by atoms with Crippen molar-refractivity contribution in [2.45, 2.75) is 58.5 Å². The molecule has 1 aliphatic carbocycles. The van der Waals surface area contributed by atoms with Crippen molar-refractivity contribution in [3.63, 3.8) is 0 Å². The van der Waals surface area contributed by atoms with Crippen molar-refractivity contribution >= 4 is 0 Å². The summed E-state index contributed by atoms with van der Waals surface area (Å²) in [7, 11) is 0. The van der Waals surface area contributed by atoms with Gasteiger partial charge in [0.05, 0.1) is 0 Å². The van der Waals surface area contributed by atoms with Crippen molar-refractivity contribution in [1.29, 1.82) is 0 Å². The lowest BCUT2D eigenvalue weighted by Crippen LogP contribution is -2.33. The Labute approximate surface area is 106 Å². The molecule has 17 heavy (non-hydrogen) atoms. The minimum absolute atomic E-state index is 0.721. The predicted octanol–water partition coefficient (Wildman–Crippen LogP) is 4.05. The van der Waals surface area contributed by atoms with Crippen LogP contribution in [-0.2, 0) is 6.54 Å². The normalized spacial score (nSPS) is 25.5. The van der Waals surface area contributed by atoms with E-state index in [1.54, 1.807) is 0 Å². The van der Waals surface area contributed by atoms with Gasteiger partial charge in [-0.15, -0.1) is 0 Å². The molecule has 94 valence electrons. The summed E-state index contributed by atoms with van der Waals surface area (Å²) in [6, 6.07) is 9.60. The summed E-state index contributed by atoms with van der Waals surface area (Å²) in [5, 5.41) is 3.75. The summed E-state index contributed by atoms with van der Waals surface area (Å²) in [5.41, 5.74) is 2.75. The maximum atomic E-state index is 3.75. The Balaban J connectivity index is 1.85. The largest absolute Gasteiger partial charge is 0.310 e. The van der Waals surface area contributed by atoms with E-state index in [1.807, 2.05) is 0 Å². The van der Waals surface area contributed by atoms with E-state index in [0.29, 0.717) is 0 Å². The van der Waals surface area contributed by atoms with Crippen LogP contribution in [0.25, 0.3) is 0 Å². The molecule has 0 radical (unpaired) electrons. The summed E-state index contributed by atoms with van der Waals surface area (Å²) >= 11 is 0. The molecule has 0 aromatic heterocycles. The molecule has 0 heterocycles. The Hall–Kier alpha value is -0.820. The van der Waals surface area contributed by atoms with E-state index in [4.69, 9.17) is 0 Å². The van der Waals surface area contributed by atoms with Gasteiger partial charge < -0.3 is 5.32 Å². The lowest BCUT2D eigenvalue weighted by atomic mass is 9.97. The molecule has 0 bridgehead atoms. The Morgan fingerprint density at radius 2 is 1.76 bits per heavy atom. The molecular weight excluding hydrogens is 206 g/mol. The molecule has 0 amide bonds. The third-order valence-corrected chi connectivity index (χ3v) is 4.05. The maximum Gasteiger partial charge on any atom is 0.0208 e. The SMILES string of the molecule is Cc1ccc(CNC2CCCCCC2C)cc1. The van der Waals surface area contributed by atoms with Gasteiger partial charge in [-0.3, -0.25) is 0 Å². The Kier molecular flexibility index (Phi) is 4.61. The molecule has 0 spiro atoms. The average Bonchev–Trinajstić information content (AvgIpc) is 2.54. The topological polar surface area (TPSA) is 12.0 Å². The third-order valence-electron chi connectivity index (χ3n) is 4.05. The fourth-order valence-electron chi connectivity index (χ4n) is 2.75. The number of benzene rings is 1. The van der Waals surface area contributed by atoms with Crippen LogP contribution >= 0.6 is 0 Å². The second-order valence-electron chi connectivity index (χ2n) is 5.59. The highest BCUT2D eigenvalue weighted by molar-refractivity contribution is 5.21. The second kappa shape index (κ2) is 6.20. The van der Waals surface area contributed by atoms with Gasteiger partial charge in [0.25, 0.3) is 0 Å². The summed E-state index contributed by atoms with van der Waals surface area (Å²) in [6.07, 6.45) is 6.99. The van der Waals surface area contributed by atoms with E-state index in [0.717, 1.165) is 18.5 Å². The van der Waals surface area contributed by atoms with Crippen LogP contribution in [0.2, 0.25) is 0 Å². The number of rotatable bonds is 3. The molecule has 2 unspecified atom stereocenters. The standard InChI is InChI=1S/C16H25N/c1-13-8-10-15(11-9-13)12-17-16-7-5-3-4-6-14(16)2/h8-11,14,16-17H,3-7,12H2,1-2H3. The zero-order valence-corrected chi connectivity index (χ0v) is 11.2. The third kappa shape index (κ3) is 3.85. The molecule has 1 N–H and O–H groups in total. The van der Waals surface area contributed by atoms with Crippen LogP contribution in [0.3, 0.4) is 0 Å². The fraction of sp³-hybridized carbons (Fsp3) is 0.625. The highest BCUT2D eigenvalue weighted by atomic mass is 14.9. The molecule has 1 nitrogen and oxygen atoms in total. The van der Waals surface area contributed by atoms with E-state index in [2.05, 4.69) is 43.4 Å². The smallest absolute Gasteiger partial charge is 0.0208 e. The van der Waals surface area contributed by atoms with Gasteiger partial charge in [-0.1, -0.05) is 56.0 Å². The first-order chi connectivity index (χ1) is 8.25. The van der Waals surface area contributed by atoms with Crippen molar-refractivity contribution in [2.24, 2.45) is 5.92 Å². The van der Waals surface area contributed by atoms with Gasteiger partial charge in [-0.2, -0.15) is 0 Å². The zero-order valence-electron chi connectivity index (χ0n) is 11.2. The molecule has 2 rings (SSSR count). The van der Waals surface area contributed by atoms with Gasteiger partial charge in [-0.25, -0.2) is 0 Å². The van der Waals surface area contributed by atoms with Gasteiger partial charge in [0.15, 0.2) is 0 Å². The van der Waals surface area contributed by atoms with Crippen molar-refractivity contribution in [3.05, 3.63) is 35.4 Å². The minimum atomic E-state index is 0.721. The molecule has 1 saturated carbocycles. The van der Waals surface area contributed by atoms with Crippen molar-refractivity contribution in [3.8, 4) is 0 Å². The zero-order chi connectivity index (χ0) is 12.1. The van der Waals surface area contributed by atoms with E-state index >= 15 is 0 Å². The molecule has 1 aromatic rings. The number of hydrogen-bond donors (Lipinski definition) is 1. The molecule has 1 aromatic carbocycles. The highest BCUT2D eigenvalue weighted by Crippen LogP contribution is 2.23. The first kappa shape index (κ1) is 12.6. The van der Waals surface area contributed by atoms with Crippen molar-refractivity contribution in [2.75, 3.05) is 0 Å². The first-order valence-electron chi connectivity index (χ1n) is 7.04. The summed E-state index contributed by atoms with van der Waals surface area (Å²) < 4.78 is 0. The quantitative estimate of drug-likeness (QED) is 0.774. The van der Waals surface area contributed by atoms with Crippen LogP contribution < -0.4 is 5.32 Å². The maximum absolute atomic E-state index is 3.75. The van der Waals surface area contributed by atoms with Gasteiger partial charge in [-0.05, 0) is 31.2 Å². The molecule has 2 atom stereocenters. The second-order valence-corrected chi connectivity index (χ2v) is 5.59. The average molecular weight is 231 g/mol. The molecule has 1 heteroatoms. The number of nitrogens with one attached hydrogen (secondary N) is 1. The molecule has 0 saturated heterocycles. The van der Waals surface area contributed by atoms with E-state index in [1.165, 1.54) is 43.2 Å².